The van der Waals surface area contributed by atoms with Crippen LogP contribution in [-0.4, -0.2) is 11.6 Å². The van der Waals surface area contributed by atoms with Crippen LogP contribution in [0.15, 0.2) is 35.5 Å². The van der Waals surface area contributed by atoms with Gasteiger partial charge < -0.3 is 4.74 Å². The molecule has 106 valence electrons. The maximum absolute atomic E-state index is 11.4. The number of ether oxygens (including phenoxy) is 1. The summed E-state index contributed by atoms with van der Waals surface area (Å²) in [6.07, 6.45) is 8.84. The van der Waals surface area contributed by atoms with Crippen molar-refractivity contribution in [3.8, 4) is 0 Å². The van der Waals surface area contributed by atoms with Gasteiger partial charge in [0.25, 0.3) is 0 Å². The Labute approximate surface area is 117 Å². The Morgan fingerprint density at radius 2 is 2.16 bits per heavy atom. The van der Waals surface area contributed by atoms with Gasteiger partial charge in [0.05, 0.1) is 0 Å². The molecule has 1 atom stereocenters. The molecule has 0 aromatic rings. The normalized spacial score (nSPS) is 22.4. The minimum Gasteiger partial charge on any atom is -0.454 e. The van der Waals surface area contributed by atoms with E-state index in [0.29, 0.717) is 0 Å². The third-order valence-corrected chi connectivity index (χ3v) is 3.69. The molecule has 0 aromatic carbocycles. The van der Waals surface area contributed by atoms with Crippen LogP contribution in [0, 0.1) is 0 Å². The lowest BCUT2D eigenvalue weighted by atomic mass is 9.79. The molecular formula is C17H26O2. The Bertz CT molecular complexity index is 411. The molecule has 0 aromatic heterocycles. The molecule has 0 aliphatic heterocycles. The lowest BCUT2D eigenvalue weighted by molar-refractivity contribution is -0.154. The van der Waals surface area contributed by atoms with Crippen LogP contribution in [0.1, 0.15) is 59.8 Å². The first kappa shape index (κ1) is 15.7. The summed E-state index contributed by atoms with van der Waals surface area (Å²) in [6, 6.07) is 0. The summed E-state index contributed by atoms with van der Waals surface area (Å²) in [5.41, 5.74) is 3.26. The Morgan fingerprint density at radius 3 is 2.63 bits per heavy atom. The van der Waals surface area contributed by atoms with Crippen LogP contribution in [0.4, 0.5) is 0 Å². The summed E-state index contributed by atoms with van der Waals surface area (Å²) in [5, 5.41) is 0. The van der Waals surface area contributed by atoms with Gasteiger partial charge in [0.2, 0.25) is 0 Å². The molecule has 19 heavy (non-hydrogen) atoms. The molecule has 1 unspecified atom stereocenters. The van der Waals surface area contributed by atoms with Crippen molar-refractivity contribution in [2.45, 2.75) is 65.4 Å². The van der Waals surface area contributed by atoms with Crippen molar-refractivity contribution < 1.29 is 9.53 Å². The minimum absolute atomic E-state index is 0.212. The third-order valence-electron chi connectivity index (χ3n) is 3.69. The lowest BCUT2D eigenvalue weighted by Crippen LogP contribution is -2.37. The van der Waals surface area contributed by atoms with E-state index >= 15 is 0 Å². The molecule has 2 nitrogen and oxygen atoms in total. The molecule has 0 amide bonds. The highest BCUT2D eigenvalue weighted by molar-refractivity contribution is 5.67. The SMILES string of the molecule is C=C(CCC=C(C)C)C1(OC(C)=O)CC=C(C)CC1. The predicted octanol–water partition coefficient (Wildman–Crippen LogP) is 4.72. The second-order valence-corrected chi connectivity index (χ2v) is 5.77. The number of hydrogen-bond acceptors (Lipinski definition) is 2. The van der Waals surface area contributed by atoms with Gasteiger partial charge in [-0.2, -0.15) is 0 Å². The van der Waals surface area contributed by atoms with Crippen molar-refractivity contribution >= 4 is 5.97 Å². The van der Waals surface area contributed by atoms with E-state index < -0.39 is 5.60 Å². The van der Waals surface area contributed by atoms with E-state index in [9.17, 15) is 4.79 Å². The zero-order chi connectivity index (χ0) is 14.5. The van der Waals surface area contributed by atoms with Gasteiger partial charge in [-0.25, -0.2) is 0 Å². The molecular weight excluding hydrogens is 236 g/mol. The van der Waals surface area contributed by atoms with Crippen molar-refractivity contribution in [3.05, 3.63) is 35.5 Å². The molecule has 2 heteroatoms. The van der Waals surface area contributed by atoms with Crippen LogP contribution in [0.25, 0.3) is 0 Å². The largest absolute Gasteiger partial charge is 0.454 e. The maximum Gasteiger partial charge on any atom is 0.303 e. The Morgan fingerprint density at radius 1 is 1.47 bits per heavy atom. The molecule has 1 aliphatic carbocycles. The van der Waals surface area contributed by atoms with E-state index in [0.717, 1.165) is 37.7 Å². The van der Waals surface area contributed by atoms with Crippen molar-refractivity contribution in [2.75, 3.05) is 0 Å². The quantitative estimate of drug-likeness (QED) is 0.529. The fourth-order valence-electron chi connectivity index (χ4n) is 2.47. The highest BCUT2D eigenvalue weighted by Gasteiger charge is 2.36. The van der Waals surface area contributed by atoms with Crippen LogP contribution < -0.4 is 0 Å². The second-order valence-electron chi connectivity index (χ2n) is 5.77. The number of esters is 1. The maximum atomic E-state index is 11.4. The molecule has 0 heterocycles. The fourth-order valence-corrected chi connectivity index (χ4v) is 2.47. The molecule has 0 N–H and O–H groups in total. The smallest absolute Gasteiger partial charge is 0.303 e. The minimum atomic E-state index is -0.471. The second kappa shape index (κ2) is 6.74. The van der Waals surface area contributed by atoms with E-state index in [1.807, 2.05) is 0 Å². The van der Waals surface area contributed by atoms with Gasteiger partial charge in [0.15, 0.2) is 0 Å². The van der Waals surface area contributed by atoms with Crippen molar-refractivity contribution in [3.63, 3.8) is 0 Å². The van der Waals surface area contributed by atoms with Crippen LogP contribution in [-0.2, 0) is 9.53 Å². The first-order chi connectivity index (χ1) is 8.85. The molecule has 1 aliphatic rings. The van der Waals surface area contributed by atoms with Crippen LogP contribution in [0.2, 0.25) is 0 Å². The molecule has 0 saturated heterocycles. The third kappa shape index (κ3) is 4.70. The first-order valence-electron chi connectivity index (χ1n) is 7.02. The summed E-state index contributed by atoms with van der Waals surface area (Å²) in [4.78, 5) is 11.4. The van der Waals surface area contributed by atoms with Gasteiger partial charge in [0, 0.05) is 13.3 Å². The van der Waals surface area contributed by atoms with Crippen LogP contribution in [0.5, 0.6) is 0 Å². The molecule has 0 fully saturated rings. The summed E-state index contributed by atoms with van der Waals surface area (Å²) >= 11 is 0. The molecule has 0 saturated carbocycles. The highest BCUT2D eigenvalue weighted by Crippen LogP contribution is 2.38. The first-order valence-corrected chi connectivity index (χ1v) is 7.02. The Hall–Kier alpha value is -1.31. The van der Waals surface area contributed by atoms with E-state index in [2.05, 4.69) is 39.5 Å². The van der Waals surface area contributed by atoms with Crippen molar-refractivity contribution in [1.82, 2.24) is 0 Å². The number of rotatable bonds is 5. The summed E-state index contributed by atoms with van der Waals surface area (Å²) in [5.74, 6) is -0.212. The van der Waals surface area contributed by atoms with E-state index in [1.165, 1.54) is 18.1 Å². The van der Waals surface area contributed by atoms with E-state index in [-0.39, 0.29) is 5.97 Å². The number of allylic oxidation sites excluding steroid dienone is 3. The van der Waals surface area contributed by atoms with Crippen LogP contribution >= 0.6 is 0 Å². The Balaban J connectivity index is 2.77. The zero-order valence-corrected chi connectivity index (χ0v) is 12.7. The summed E-state index contributed by atoms with van der Waals surface area (Å²) in [6.45, 7) is 12.0. The van der Waals surface area contributed by atoms with E-state index in [1.54, 1.807) is 0 Å². The lowest BCUT2D eigenvalue weighted by Gasteiger charge is -2.37. The summed E-state index contributed by atoms with van der Waals surface area (Å²) < 4.78 is 5.64. The fraction of sp³-hybridized carbons (Fsp3) is 0.588. The van der Waals surface area contributed by atoms with Gasteiger partial charge in [0.1, 0.15) is 5.60 Å². The number of carbonyl (C=O) groups is 1. The predicted molar refractivity (Wildman–Crippen MR) is 79.9 cm³/mol. The molecule has 1 rings (SSSR count). The topological polar surface area (TPSA) is 26.3 Å². The number of carbonyl (C=O) groups excluding carboxylic acids is 1. The highest BCUT2D eigenvalue weighted by atomic mass is 16.6. The van der Waals surface area contributed by atoms with Crippen molar-refractivity contribution in [1.29, 1.82) is 0 Å². The van der Waals surface area contributed by atoms with Gasteiger partial charge in [-0.15, -0.1) is 0 Å². The average molecular weight is 262 g/mol. The monoisotopic (exact) mass is 262 g/mol. The molecule has 0 bridgehead atoms. The van der Waals surface area contributed by atoms with Crippen LogP contribution in [0.3, 0.4) is 0 Å². The number of hydrogen-bond donors (Lipinski definition) is 0. The standard InChI is InChI=1S/C17H26O2/c1-13(2)7-6-8-15(4)17(19-16(5)18)11-9-14(3)10-12-17/h7,9H,4,6,8,10-12H2,1-3,5H3. The van der Waals surface area contributed by atoms with Crippen molar-refractivity contribution in [2.24, 2.45) is 0 Å². The van der Waals surface area contributed by atoms with Gasteiger partial charge in [-0.05, 0) is 52.0 Å². The molecule has 0 radical (unpaired) electrons. The van der Waals surface area contributed by atoms with Gasteiger partial charge >= 0.3 is 5.97 Å². The average Bonchev–Trinajstić information content (AvgIpc) is 2.31. The zero-order valence-electron chi connectivity index (χ0n) is 12.7. The van der Waals surface area contributed by atoms with E-state index in [4.69, 9.17) is 4.74 Å². The molecule has 0 spiro atoms. The summed E-state index contributed by atoms with van der Waals surface area (Å²) in [7, 11) is 0. The van der Waals surface area contributed by atoms with Gasteiger partial charge in [-0.3, -0.25) is 4.79 Å². The van der Waals surface area contributed by atoms with Gasteiger partial charge in [-0.1, -0.05) is 29.9 Å². The Kier molecular flexibility index (Phi) is 5.59.